The van der Waals surface area contributed by atoms with Crippen LogP contribution in [0.4, 0.5) is 23.2 Å². The van der Waals surface area contributed by atoms with Crippen molar-refractivity contribution >= 4 is 17.5 Å². The normalized spacial score (nSPS) is 16.9. The van der Waals surface area contributed by atoms with Gasteiger partial charge in [-0.1, -0.05) is 0 Å². The monoisotopic (exact) mass is 290 g/mol. The summed E-state index contributed by atoms with van der Waals surface area (Å²) in [7, 11) is 0. The van der Waals surface area contributed by atoms with E-state index >= 15 is 0 Å². The van der Waals surface area contributed by atoms with Gasteiger partial charge in [0.15, 0.2) is 0 Å². The third-order valence-corrected chi connectivity index (χ3v) is 2.86. The molecule has 20 heavy (non-hydrogen) atoms. The van der Waals surface area contributed by atoms with Gasteiger partial charge in [-0.05, 0) is 18.2 Å². The van der Waals surface area contributed by atoms with Gasteiger partial charge in [-0.2, -0.15) is 13.2 Å². The maximum atomic E-state index is 13.7. The third kappa shape index (κ3) is 2.89. The lowest BCUT2D eigenvalue weighted by Crippen LogP contribution is -2.35. The number of alkyl halides is 3. The summed E-state index contributed by atoms with van der Waals surface area (Å²) in [5.74, 6) is -2.01. The minimum atomic E-state index is -4.63. The molecule has 4 nitrogen and oxygen atoms in total. The first-order chi connectivity index (χ1) is 9.29. The van der Waals surface area contributed by atoms with Crippen molar-refractivity contribution in [3.8, 4) is 0 Å². The zero-order valence-corrected chi connectivity index (χ0v) is 10.1. The average molecular weight is 290 g/mol. The molecule has 2 rings (SSSR count). The number of hydrogen-bond acceptors (Lipinski definition) is 2. The molecule has 0 aliphatic carbocycles. The molecular formula is C12H10F4N2O2. The molecule has 8 heteroatoms. The molecule has 1 aromatic carbocycles. The van der Waals surface area contributed by atoms with Gasteiger partial charge in [0.25, 0.3) is 0 Å². The molecule has 2 amide bonds. The maximum Gasteiger partial charge on any atom is 0.416 e. The first-order valence-electron chi connectivity index (χ1n) is 5.73. The Morgan fingerprint density at radius 3 is 2.55 bits per heavy atom. The van der Waals surface area contributed by atoms with Crippen molar-refractivity contribution in [1.29, 1.82) is 0 Å². The standard InChI is InChI=1S/C12H10F4N2O2/c13-8-2-1-7(12(14,15)16)5-9(8)18-4-3-10(19)17-6-11(18)20/h1-2,5H,3-4,6H2,(H,17,19). The molecule has 1 aromatic rings. The number of carbonyl (C=O) groups excluding carboxylic acids is 2. The number of hydrogen-bond donors (Lipinski definition) is 1. The Hall–Kier alpha value is -2.12. The molecule has 0 saturated carbocycles. The Morgan fingerprint density at radius 2 is 1.90 bits per heavy atom. The van der Waals surface area contributed by atoms with Crippen LogP contribution in [0.15, 0.2) is 18.2 Å². The van der Waals surface area contributed by atoms with Crippen molar-refractivity contribution in [3.05, 3.63) is 29.6 Å². The van der Waals surface area contributed by atoms with Crippen molar-refractivity contribution < 1.29 is 27.2 Å². The van der Waals surface area contributed by atoms with Crippen LogP contribution in [-0.2, 0) is 15.8 Å². The van der Waals surface area contributed by atoms with Gasteiger partial charge < -0.3 is 10.2 Å². The molecule has 1 aliphatic rings. The second kappa shape index (κ2) is 5.10. The van der Waals surface area contributed by atoms with E-state index in [0.717, 1.165) is 4.90 Å². The molecular weight excluding hydrogens is 280 g/mol. The Morgan fingerprint density at radius 1 is 1.20 bits per heavy atom. The summed E-state index contributed by atoms with van der Waals surface area (Å²) in [6, 6.07) is 1.83. The van der Waals surface area contributed by atoms with E-state index in [1.54, 1.807) is 0 Å². The molecule has 0 atom stereocenters. The highest BCUT2D eigenvalue weighted by atomic mass is 19.4. The van der Waals surface area contributed by atoms with Crippen LogP contribution in [0.2, 0.25) is 0 Å². The topological polar surface area (TPSA) is 49.4 Å². The van der Waals surface area contributed by atoms with Crippen LogP contribution in [0.1, 0.15) is 12.0 Å². The van der Waals surface area contributed by atoms with Crippen LogP contribution in [-0.4, -0.2) is 24.9 Å². The Labute approximate surface area is 111 Å². The summed E-state index contributed by atoms with van der Waals surface area (Å²) in [5, 5.41) is 2.28. The molecule has 0 spiro atoms. The number of rotatable bonds is 1. The van der Waals surface area contributed by atoms with Gasteiger partial charge in [-0.25, -0.2) is 4.39 Å². The van der Waals surface area contributed by atoms with Crippen LogP contribution in [0, 0.1) is 5.82 Å². The van der Waals surface area contributed by atoms with Gasteiger partial charge >= 0.3 is 6.18 Å². The molecule has 1 saturated heterocycles. The minimum Gasteiger partial charge on any atom is -0.347 e. The third-order valence-electron chi connectivity index (χ3n) is 2.86. The lowest BCUT2D eigenvalue weighted by molar-refractivity contribution is -0.137. The number of halogens is 4. The molecule has 0 unspecified atom stereocenters. The number of carbonyl (C=O) groups is 2. The fourth-order valence-electron chi connectivity index (χ4n) is 1.85. The molecule has 108 valence electrons. The van der Waals surface area contributed by atoms with E-state index in [-0.39, 0.29) is 19.5 Å². The number of nitrogens with zero attached hydrogens (tertiary/aromatic N) is 1. The highest BCUT2D eigenvalue weighted by Crippen LogP contribution is 2.33. The zero-order chi connectivity index (χ0) is 14.9. The van der Waals surface area contributed by atoms with E-state index in [9.17, 15) is 27.2 Å². The summed E-state index contributed by atoms with van der Waals surface area (Å²) < 4.78 is 51.5. The van der Waals surface area contributed by atoms with E-state index in [2.05, 4.69) is 5.32 Å². The summed E-state index contributed by atoms with van der Waals surface area (Å²) >= 11 is 0. The molecule has 1 heterocycles. The van der Waals surface area contributed by atoms with Gasteiger partial charge in [-0.3, -0.25) is 9.59 Å². The predicted molar refractivity (Wildman–Crippen MR) is 61.4 cm³/mol. The minimum absolute atomic E-state index is 0.0958. The fraction of sp³-hybridized carbons (Fsp3) is 0.333. The van der Waals surface area contributed by atoms with Gasteiger partial charge in [0, 0.05) is 13.0 Å². The van der Waals surface area contributed by atoms with E-state index in [0.29, 0.717) is 18.2 Å². The first kappa shape index (κ1) is 14.3. The van der Waals surface area contributed by atoms with E-state index in [1.807, 2.05) is 0 Å². The number of benzene rings is 1. The Bertz CT molecular complexity index is 557. The van der Waals surface area contributed by atoms with Crippen molar-refractivity contribution in [2.75, 3.05) is 18.0 Å². The number of anilines is 1. The molecule has 1 aliphatic heterocycles. The second-order valence-corrected chi connectivity index (χ2v) is 4.24. The summed E-state index contributed by atoms with van der Waals surface area (Å²) in [5.41, 5.74) is -1.52. The van der Waals surface area contributed by atoms with E-state index < -0.39 is 35.1 Å². The smallest absolute Gasteiger partial charge is 0.347 e. The van der Waals surface area contributed by atoms with Gasteiger partial charge in [0.1, 0.15) is 5.82 Å². The van der Waals surface area contributed by atoms with Crippen molar-refractivity contribution in [1.82, 2.24) is 5.32 Å². The lowest BCUT2D eigenvalue weighted by atomic mass is 10.1. The van der Waals surface area contributed by atoms with Crippen LogP contribution < -0.4 is 10.2 Å². The summed E-state index contributed by atoms with van der Waals surface area (Å²) in [6.07, 6.45) is -4.73. The Kier molecular flexibility index (Phi) is 3.65. The van der Waals surface area contributed by atoms with Gasteiger partial charge in [0.2, 0.25) is 11.8 Å². The molecule has 0 aromatic heterocycles. The zero-order valence-electron chi connectivity index (χ0n) is 10.1. The highest BCUT2D eigenvalue weighted by molar-refractivity contribution is 5.99. The second-order valence-electron chi connectivity index (χ2n) is 4.24. The summed E-state index contributed by atoms with van der Waals surface area (Å²) in [4.78, 5) is 23.7. The lowest BCUT2D eigenvalue weighted by Gasteiger charge is -2.21. The van der Waals surface area contributed by atoms with Gasteiger partial charge in [0.05, 0.1) is 17.8 Å². The first-order valence-corrected chi connectivity index (χ1v) is 5.73. The van der Waals surface area contributed by atoms with Crippen LogP contribution in [0.5, 0.6) is 0 Å². The molecule has 1 fully saturated rings. The SMILES string of the molecule is O=C1CCN(c2cc(C(F)(F)F)ccc2F)C(=O)CN1. The largest absolute Gasteiger partial charge is 0.416 e. The summed E-state index contributed by atoms with van der Waals surface area (Å²) in [6.45, 7) is -0.530. The van der Waals surface area contributed by atoms with E-state index in [1.165, 1.54) is 0 Å². The predicted octanol–water partition coefficient (Wildman–Crippen LogP) is 1.70. The molecule has 0 radical (unpaired) electrons. The van der Waals surface area contributed by atoms with Crippen molar-refractivity contribution in [3.63, 3.8) is 0 Å². The molecule has 0 bridgehead atoms. The van der Waals surface area contributed by atoms with Crippen LogP contribution in [0.3, 0.4) is 0 Å². The van der Waals surface area contributed by atoms with Gasteiger partial charge in [-0.15, -0.1) is 0 Å². The average Bonchev–Trinajstić information content (AvgIpc) is 2.52. The van der Waals surface area contributed by atoms with Crippen molar-refractivity contribution in [2.45, 2.75) is 12.6 Å². The highest BCUT2D eigenvalue weighted by Gasteiger charge is 2.33. The van der Waals surface area contributed by atoms with Crippen LogP contribution in [0.25, 0.3) is 0 Å². The molecule has 1 N–H and O–H groups in total. The van der Waals surface area contributed by atoms with Crippen molar-refractivity contribution in [2.24, 2.45) is 0 Å². The Balaban J connectivity index is 2.40. The number of nitrogens with one attached hydrogen (secondary N) is 1. The fourth-order valence-corrected chi connectivity index (χ4v) is 1.85. The van der Waals surface area contributed by atoms with E-state index in [4.69, 9.17) is 0 Å². The maximum absolute atomic E-state index is 13.7. The van der Waals surface area contributed by atoms with Crippen LogP contribution >= 0.6 is 0 Å². The number of amides is 2. The quantitative estimate of drug-likeness (QED) is 0.800.